The van der Waals surface area contributed by atoms with Gasteiger partial charge in [-0.1, -0.05) is 0 Å². The van der Waals surface area contributed by atoms with Crippen LogP contribution in [0.3, 0.4) is 0 Å². The molecular formula is C9H10N2O3. The maximum atomic E-state index is 10.5. The van der Waals surface area contributed by atoms with E-state index in [1.807, 2.05) is 0 Å². The van der Waals surface area contributed by atoms with E-state index in [0.717, 1.165) is 0 Å². The molecule has 0 bridgehead atoms. The van der Waals surface area contributed by atoms with Crippen molar-refractivity contribution in [3.63, 3.8) is 0 Å². The van der Waals surface area contributed by atoms with Crippen molar-refractivity contribution < 1.29 is 14.6 Å². The molecule has 0 unspecified atom stereocenters. The smallest absolute Gasteiger partial charge is 0.335 e. The van der Waals surface area contributed by atoms with Crippen LogP contribution in [0.15, 0.2) is 24.3 Å². The summed E-state index contributed by atoms with van der Waals surface area (Å²) in [5.74, 6) is -0.569. The molecule has 0 heterocycles. The molecule has 1 aromatic rings. The highest BCUT2D eigenvalue weighted by Gasteiger charge is 2.01. The summed E-state index contributed by atoms with van der Waals surface area (Å²) in [6.07, 6.45) is 0. The van der Waals surface area contributed by atoms with Crippen LogP contribution in [0, 0.1) is 5.41 Å². The van der Waals surface area contributed by atoms with E-state index in [1.165, 1.54) is 24.3 Å². The number of carboxylic acids is 1. The molecule has 0 amide bonds. The summed E-state index contributed by atoms with van der Waals surface area (Å²) in [7, 11) is 0. The largest absolute Gasteiger partial charge is 0.486 e. The molecule has 0 spiro atoms. The number of ether oxygens (including phenoxy) is 1. The molecule has 74 valence electrons. The van der Waals surface area contributed by atoms with Crippen LogP contribution in [0.1, 0.15) is 10.4 Å². The van der Waals surface area contributed by atoms with Crippen molar-refractivity contribution in [2.75, 3.05) is 6.61 Å². The van der Waals surface area contributed by atoms with E-state index in [-0.39, 0.29) is 18.0 Å². The molecule has 14 heavy (non-hydrogen) atoms. The molecule has 0 saturated heterocycles. The zero-order valence-electron chi connectivity index (χ0n) is 7.36. The van der Waals surface area contributed by atoms with Crippen molar-refractivity contribution >= 4 is 11.8 Å². The van der Waals surface area contributed by atoms with Gasteiger partial charge in [-0.2, -0.15) is 0 Å². The number of nitrogens with two attached hydrogens (primary N) is 1. The van der Waals surface area contributed by atoms with Gasteiger partial charge in [-0.15, -0.1) is 0 Å². The monoisotopic (exact) mass is 194 g/mol. The van der Waals surface area contributed by atoms with Gasteiger partial charge in [0.2, 0.25) is 0 Å². The Morgan fingerprint density at radius 3 is 2.43 bits per heavy atom. The van der Waals surface area contributed by atoms with Crippen LogP contribution in [0.2, 0.25) is 0 Å². The SMILES string of the molecule is N=C(N)COc1ccc(C(=O)O)cc1. The van der Waals surface area contributed by atoms with Crippen LogP contribution in [-0.4, -0.2) is 23.5 Å². The van der Waals surface area contributed by atoms with Crippen molar-refractivity contribution in [2.45, 2.75) is 0 Å². The maximum absolute atomic E-state index is 10.5. The van der Waals surface area contributed by atoms with E-state index >= 15 is 0 Å². The first kappa shape index (κ1) is 10.0. The second-order valence-electron chi connectivity index (χ2n) is 2.64. The Labute approximate surface area is 80.6 Å². The van der Waals surface area contributed by atoms with E-state index in [9.17, 15) is 4.79 Å². The summed E-state index contributed by atoms with van der Waals surface area (Å²) >= 11 is 0. The first-order valence-electron chi connectivity index (χ1n) is 3.88. The first-order valence-corrected chi connectivity index (χ1v) is 3.88. The molecular weight excluding hydrogens is 184 g/mol. The fourth-order valence-corrected chi connectivity index (χ4v) is 0.855. The normalized spacial score (nSPS) is 9.43. The van der Waals surface area contributed by atoms with Gasteiger partial charge in [0.1, 0.15) is 18.2 Å². The Bertz CT molecular complexity index is 346. The maximum Gasteiger partial charge on any atom is 0.335 e. The lowest BCUT2D eigenvalue weighted by atomic mass is 10.2. The van der Waals surface area contributed by atoms with Gasteiger partial charge >= 0.3 is 5.97 Å². The number of hydrogen-bond acceptors (Lipinski definition) is 3. The van der Waals surface area contributed by atoms with Crippen LogP contribution in [0.4, 0.5) is 0 Å². The Hall–Kier alpha value is -2.04. The summed E-state index contributed by atoms with van der Waals surface area (Å²) in [5, 5.41) is 15.5. The minimum atomic E-state index is -0.983. The molecule has 1 aromatic carbocycles. The Morgan fingerprint density at radius 2 is 2.00 bits per heavy atom. The molecule has 0 aliphatic carbocycles. The molecule has 0 aromatic heterocycles. The highest BCUT2D eigenvalue weighted by atomic mass is 16.5. The summed E-state index contributed by atoms with van der Waals surface area (Å²) in [6.45, 7) is 0.00637. The third-order valence-electron chi connectivity index (χ3n) is 1.50. The zero-order chi connectivity index (χ0) is 10.6. The zero-order valence-corrected chi connectivity index (χ0v) is 7.36. The van der Waals surface area contributed by atoms with Gasteiger partial charge in [0.05, 0.1) is 5.56 Å². The number of hydrogen-bond donors (Lipinski definition) is 3. The fraction of sp³-hybridized carbons (Fsp3) is 0.111. The Balaban J connectivity index is 2.64. The Kier molecular flexibility index (Phi) is 3.06. The number of nitrogens with one attached hydrogen (secondary N) is 1. The number of amidine groups is 1. The predicted molar refractivity (Wildman–Crippen MR) is 50.8 cm³/mol. The minimum absolute atomic E-state index is 0.00637. The average Bonchev–Trinajstić information content (AvgIpc) is 2.15. The molecule has 0 saturated carbocycles. The molecule has 0 fully saturated rings. The van der Waals surface area contributed by atoms with E-state index < -0.39 is 5.97 Å². The van der Waals surface area contributed by atoms with E-state index in [1.54, 1.807) is 0 Å². The van der Waals surface area contributed by atoms with Crippen molar-refractivity contribution in [1.82, 2.24) is 0 Å². The average molecular weight is 194 g/mol. The number of carbonyl (C=O) groups is 1. The highest BCUT2D eigenvalue weighted by Crippen LogP contribution is 2.11. The lowest BCUT2D eigenvalue weighted by Crippen LogP contribution is -2.19. The molecule has 4 N–H and O–H groups in total. The van der Waals surface area contributed by atoms with Crippen LogP contribution in [0.25, 0.3) is 0 Å². The standard InChI is InChI=1S/C9H10N2O3/c10-8(11)5-14-7-3-1-6(2-4-7)9(12)13/h1-4H,5H2,(H3,10,11)(H,12,13). The van der Waals surface area contributed by atoms with Crippen molar-refractivity contribution in [3.8, 4) is 5.75 Å². The van der Waals surface area contributed by atoms with Crippen molar-refractivity contribution in [1.29, 1.82) is 5.41 Å². The molecule has 1 rings (SSSR count). The molecule has 5 nitrogen and oxygen atoms in total. The summed E-state index contributed by atoms with van der Waals surface area (Å²) in [6, 6.07) is 5.90. The molecule has 5 heteroatoms. The van der Waals surface area contributed by atoms with E-state index in [4.69, 9.17) is 21.0 Å². The van der Waals surface area contributed by atoms with Crippen LogP contribution < -0.4 is 10.5 Å². The van der Waals surface area contributed by atoms with Crippen LogP contribution >= 0.6 is 0 Å². The lowest BCUT2D eigenvalue weighted by molar-refractivity contribution is 0.0697. The van der Waals surface area contributed by atoms with E-state index in [0.29, 0.717) is 5.75 Å². The third kappa shape index (κ3) is 2.78. The van der Waals surface area contributed by atoms with Gasteiger partial charge in [0.15, 0.2) is 0 Å². The lowest BCUT2D eigenvalue weighted by Gasteiger charge is -2.04. The van der Waals surface area contributed by atoms with Gasteiger partial charge in [0.25, 0.3) is 0 Å². The van der Waals surface area contributed by atoms with Crippen LogP contribution in [-0.2, 0) is 0 Å². The van der Waals surface area contributed by atoms with Gasteiger partial charge in [-0.05, 0) is 24.3 Å². The Morgan fingerprint density at radius 1 is 1.43 bits per heavy atom. The van der Waals surface area contributed by atoms with E-state index in [2.05, 4.69) is 0 Å². The summed E-state index contributed by atoms with van der Waals surface area (Å²) in [4.78, 5) is 10.5. The van der Waals surface area contributed by atoms with Gasteiger partial charge in [-0.3, -0.25) is 5.41 Å². The van der Waals surface area contributed by atoms with Gasteiger partial charge < -0.3 is 15.6 Å². The number of aromatic carboxylic acids is 1. The number of benzene rings is 1. The highest BCUT2D eigenvalue weighted by molar-refractivity contribution is 5.87. The molecule has 0 aliphatic heterocycles. The number of carboxylic acid groups (broad SMARTS) is 1. The first-order chi connectivity index (χ1) is 6.59. The number of rotatable bonds is 4. The predicted octanol–water partition coefficient (Wildman–Crippen LogP) is 0.700. The fourth-order valence-electron chi connectivity index (χ4n) is 0.855. The molecule has 0 aliphatic rings. The molecule has 0 radical (unpaired) electrons. The summed E-state index contributed by atoms with van der Waals surface area (Å²) < 4.78 is 5.06. The quantitative estimate of drug-likeness (QED) is 0.485. The van der Waals surface area contributed by atoms with Crippen molar-refractivity contribution in [3.05, 3.63) is 29.8 Å². The topological polar surface area (TPSA) is 96.4 Å². The van der Waals surface area contributed by atoms with Gasteiger partial charge in [-0.25, -0.2) is 4.79 Å². The molecule has 0 atom stereocenters. The second-order valence-corrected chi connectivity index (χ2v) is 2.64. The summed E-state index contributed by atoms with van der Waals surface area (Å²) in [5.41, 5.74) is 5.28. The van der Waals surface area contributed by atoms with Crippen LogP contribution in [0.5, 0.6) is 5.75 Å². The second kappa shape index (κ2) is 4.27. The van der Waals surface area contributed by atoms with Crippen molar-refractivity contribution in [2.24, 2.45) is 5.73 Å². The third-order valence-corrected chi connectivity index (χ3v) is 1.50. The minimum Gasteiger partial charge on any atom is -0.486 e. The van der Waals surface area contributed by atoms with Gasteiger partial charge in [0, 0.05) is 0 Å².